The second-order valence-electron chi connectivity index (χ2n) is 5.16. The van der Waals surface area contributed by atoms with Crippen LogP contribution in [-0.2, 0) is 11.2 Å². The summed E-state index contributed by atoms with van der Waals surface area (Å²) in [6, 6.07) is 6.09. The highest BCUT2D eigenvalue weighted by molar-refractivity contribution is 5.70. The first-order valence-corrected chi connectivity index (χ1v) is 6.48. The van der Waals surface area contributed by atoms with Crippen LogP contribution in [0.2, 0.25) is 0 Å². The van der Waals surface area contributed by atoms with E-state index < -0.39 is 5.97 Å². The normalized spacial score (nSPS) is 23.0. The lowest BCUT2D eigenvalue weighted by Crippen LogP contribution is -2.20. The smallest absolute Gasteiger partial charge is 0.306 e. The Morgan fingerprint density at radius 2 is 2.22 bits per heavy atom. The molecule has 2 rings (SSSR count). The fourth-order valence-electron chi connectivity index (χ4n) is 2.96. The highest BCUT2D eigenvalue weighted by atomic mass is 16.5. The van der Waals surface area contributed by atoms with Crippen LogP contribution in [0.4, 0.5) is 0 Å². The molecule has 1 aliphatic rings. The Bertz CT molecular complexity index is 439. The average molecular weight is 248 g/mol. The van der Waals surface area contributed by atoms with Gasteiger partial charge in [0.1, 0.15) is 5.75 Å². The van der Waals surface area contributed by atoms with E-state index in [1.807, 2.05) is 19.1 Å². The van der Waals surface area contributed by atoms with Crippen LogP contribution in [0.15, 0.2) is 18.2 Å². The largest absolute Gasteiger partial charge is 0.496 e. The predicted molar refractivity (Wildman–Crippen MR) is 69.9 cm³/mol. The Labute approximate surface area is 108 Å². The predicted octanol–water partition coefficient (Wildman–Crippen LogP) is 3.05. The number of hydrogen-bond donors (Lipinski definition) is 1. The van der Waals surface area contributed by atoms with Gasteiger partial charge in [-0.05, 0) is 43.7 Å². The molecule has 0 amide bonds. The number of carboxylic acids is 1. The third kappa shape index (κ3) is 2.66. The Hall–Kier alpha value is -1.51. The first-order valence-electron chi connectivity index (χ1n) is 6.48. The molecule has 0 aliphatic heterocycles. The summed E-state index contributed by atoms with van der Waals surface area (Å²) in [4.78, 5) is 11.2. The van der Waals surface area contributed by atoms with E-state index in [0.717, 1.165) is 37.0 Å². The second kappa shape index (κ2) is 5.42. The molecule has 1 aromatic rings. The molecule has 18 heavy (non-hydrogen) atoms. The van der Waals surface area contributed by atoms with Gasteiger partial charge in [-0.25, -0.2) is 0 Å². The Kier molecular flexibility index (Phi) is 3.90. The van der Waals surface area contributed by atoms with Crippen molar-refractivity contribution in [2.45, 2.75) is 32.6 Å². The standard InChI is InChI=1S/C15H20O3/c1-10-6-7-14(18-2)12(8-10)9-11-4-3-5-13(11)15(16)17/h6-8,11,13H,3-5,9H2,1-2H3,(H,16,17). The van der Waals surface area contributed by atoms with Crippen molar-refractivity contribution in [3.63, 3.8) is 0 Å². The van der Waals surface area contributed by atoms with Gasteiger partial charge in [0.05, 0.1) is 13.0 Å². The molecule has 0 bridgehead atoms. The van der Waals surface area contributed by atoms with E-state index in [1.165, 1.54) is 5.56 Å². The van der Waals surface area contributed by atoms with Crippen LogP contribution in [0.25, 0.3) is 0 Å². The van der Waals surface area contributed by atoms with E-state index in [9.17, 15) is 9.90 Å². The highest BCUT2D eigenvalue weighted by Crippen LogP contribution is 2.36. The highest BCUT2D eigenvalue weighted by Gasteiger charge is 2.33. The van der Waals surface area contributed by atoms with Crippen LogP contribution < -0.4 is 4.74 Å². The van der Waals surface area contributed by atoms with Gasteiger partial charge in [-0.15, -0.1) is 0 Å². The zero-order valence-corrected chi connectivity index (χ0v) is 11.0. The lowest BCUT2D eigenvalue weighted by Gasteiger charge is -2.17. The van der Waals surface area contributed by atoms with Gasteiger partial charge in [-0.1, -0.05) is 24.1 Å². The van der Waals surface area contributed by atoms with Gasteiger partial charge in [0.25, 0.3) is 0 Å². The first-order chi connectivity index (χ1) is 8.61. The van der Waals surface area contributed by atoms with E-state index >= 15 is 0 Å². The van der Waals surface area contributed by atoms with E-state index in [1.54, 1.807) is 7.11 Å². The van der Waals surface area contributed by atoms with Crippen LogP contribution in [-0.4, -0.2) is 18.2 Å². The summed E-state index contributed by atoms with van der Waals surface area (Å²) in [5, 5.41) is 9.21. The van der Waals surface area contributed by atoms with Gasteiger partial charge >= 0.3 is 5.97 Å². The molecule has 3 nitrogen and oxygen atoms in total. The third-order valence-corrected chi connectivity index (χ3v) is 3.89. The van der Waals surface area contributed by atoms with Crippen LogP contribution in [0.5, 0.6) is 5.75 Å². The SMILES string of the molecule is COc1ccc(C)cc1CC1CCCC1C(=O)O. The number of hydrogen-bond acceptors (Lipinski definition) is 2. The number of carbonyl (C=O) groups is 1. The molecule has 2 unspecified atom stereocenters. The Balaban J connectivity index is 2.18. The van der Waals surface area contributed by atoms with Gasteiger partial charge < -0.3 is 9.84 Å². The van der Waals surface area contributed by atoms with Crippen molar-refractivity contribution in [1.29, 1.82) is 0 Å². The van der Waals surface area contributed by atoms with Crippen molar-refractivity contribution in [2.75, 3.05) is 7.11 Å². The molecule has 0 radical (unpaired) electrons. The van der Waals surface area contributed by atoms with Crippen LogP contribution in [0, 0.1) is 18.8 Å². The number of methoxy groups -OCH3 is 1. The summed E-state index contributed by atoms with van der Waals surface area (Å²) in [6.45, 7) is 2.05. The molecule has 1 fully saturated rings. The molecule has 0 spiro atoms. The summed E-state index contributed by atoms with van der Waals surface area (Å²) in [6.07, 6.45) is 3.65. The summed E-state index contributed by atoms with van der Waals surface area (Å²) in [5.74, 6) is 0.286. The molecular formula is C15H20O3. The summed E-state index contributed by atoms with van der Waals surface area (Å²) in [7, 11) is 1.66. The topological polar surface area (TPSA) is 46.5 Å². The summed E-state index contributed by atoms with van der Waals surface area (Å²) in [5.41, 5.74) is 2.33. The van der Waals surface area contributed by atoms with Gasteiger partial charge in [-0.3, -0.25) is 4.79 Å². The average Bonchev–Trinajstić information content (AvgIpc) is 2.77. The van der Waals surface area contributed by atoms with Gasteiger partial charge in [0.2, 0.25) is 0 Å². The van der Waals surface area contributed by atoms with Crippen molar-refractivity contribution in [2.24, 2.45) is 11.8 Å². The van der Waals surface area contributed by atoms with E-state index in [-0.39, 0.29) is 11.8 Å². The summed E-state index contributed by atoms with van der Waals surface area (Å²) < 4.78 is 5.36. The third-order valence-electron chi connectivity index (χ3n) is 3.89. The molecule has 1 aliphatic carbocycles. The molecule has 0 aromatic heterocycles. The van der Waals surface area contributed by atoms with E-state index in [4.69, 9.17) is 4.74 Å². The minimum absolute atomic E-state index is 0.185. The number of aryl methyl sites for hydroxylation is 1. The number of carboxylic acid groups (broad SMARTS) is 1. The maximum atomic E-state index is 11.2. The van der Waals surface area contributed by atoms with E-state index in [2.05, 4.69) is 6.07 Å². The van der Waals surface area contributed by atoms with Gasteiger partial charge in [0, 0.05) is 0 Å². The van der Waals surface area contributed by atoms with Crippen molar-refractivity contribution in [3.05, 3.63) is 29.3 Å². The van der Waals surface area contributed by atoms with Crippen LogP contribution in [0.3, 0.4) is 0 Å². The monoisotopic (exact) mass is 248 g/mol. The molecule has 2 atom stereocenters. The van der Waals surface area contributed by atoms with Crippen LogP contribution in [0.1, 0.15) is 30.4 Å². The molecular weight excluding hydrogens is 228 g/mol. The molecule has 98 valence electrons. The molecule has 0 saturated heterocycles. The van der Waals surface area contributed by atoms with Crippen molar-refractivity contribution >= 4 is 5.97 Å². The number of benzene rings is 1. The lowest BCUT2D eigenvalue weighted by molar-refractivity contribution is -0.142. The molecule has 1 N–H and O–H groups in total. The fourth-order valence-corrected chi connectivity index (χ4v) is 2.96. The maximum Gasteiger partial charge on any atom is 0.306 e. The van der Waals surface area contributed by atoms with Crippen molar-refractivity contribution in [1.82, 2.24) is 0 Å². The first kappa shape index (κ1) is 12.9. The van der Waals surface area contributed by atoms with Crippen LogP contribution >= 0.6 is 0 Å². The number of aliphatic carboxylic acids is 1. The van der Waals surface area contributed by atoms with E-state index in [0.29, 0.717) is 0 Å². The lowest BCUT2D eigenvalue weighted by atomic mass is 9.89. The van der Waals surface area contributed by atoms with Crippen molar-refractivity contribution in [3.8, 4) is 5.75 Å². The number of ether oxygens (including phenoxy) is 1. The Morgan fingerprint density at radius 1 is 1.44 bits per heavy atom. The minimum atomic E-state index is -0.649. The summed E-state index contributed by atoms with van der Waals surface area (Å²) >= 11 is 0. The molecule has 0 heterocycles. The van der Waals surface area contributed by atoms with Gasteiger partial charge in [-0.2, -0.15) is 0 Å². The second-order valence-corrected chi connectivity index (χ2v) is 5.16. The molecule has 3 heteroatoms. The fraction of sp³-hybridized carbons (Fsp3) is 0.533. The van der Waals surface area contributed by atoms with Crippen molar-refractivity contribution < 1.29 is 14.6 Å². The minimum Gasteiger partial charge on any atom is -0.496 e. The van der Waals surface area contributed by atoms with Gasteiger partial charge in [0.15, 0.2) is 0 Å². The number of rotatable bonds is 4. The zero-order valence-electron chi connectivity index (χ0n) is 11.0. The maximum absolute atomic E-state index is 11.2. The quantitative estimate of drug-likeness (QED) is 0.890. The molecule has 1 saturated carbocycles. The Morgan fingerprint density at radius 3 is 2.89 bits per heavy atom. The molecule has 1 aromatic carbocycles. The zero-order chi connectivity index (χ0) is 13.1.